The molecule has 3 heterocycles. The molecule has 2 unspecified atom stereocenters. The maximum Gasteiger partial charge on any atom is 0.237 e. The predicted molar refractivity (Wildman–Crippen MR) is 115 cm³/mol. The summed E-state index contributed by atoms with van der Waals surface area (Å²) in [5.41, 5.74) is 2.08. The van der Waals surface area contributed by atoms with Gasteiger partial charge >= 0.3 is 0 Å². The van der Waals surface area contributed by atoms with Gasteiger partial charge in [0.2, 0.25) is 5.91 Å². The number of likely N-dealkylation sites (tertiary alicyclic amines) is 1. The lowest BCUT2D eigenvalue weighted by atomic mass is 9.97. The van der Waals surface area contributed by atoms with Gasteiger partial charge in [0.1, 0.15) is 0 Å². The number of carbonyl (C=O) groups excluding carboxylic acids is 1. The van der Waals surface area contributed by atoms with Crippen LogP contribution < -0.4 is 10.6 Å². The van der Waals surface area contributed by atoms with Crippen LogP contribution in [0.25, 0.3) is 11.4 Å². The number of halogens is 1. The molecule has 29 heavy (non-hydrogen) atoms. The number of carbonyl (C=O) groups is 1. The molecule has 2 aromatic rings. The molecule has 2 fully saturated rings. The predicted octanol–water partition coefficient (Wildman–Crippen LogP) is 2.88. The minimum absolute atomic E-state index is 0.00555. The van der Waals surface area contributed by atoms with Gasteiger partial charge in [0.25, 0.3) is 0 Å². The summed E-state index contributed by atoms with van der Waals surface area (Å²) in [6, 6.07) is 7.57. The van der Waals surface area contributed by atoms with Crippen LogP contribution in [0.5, 0.6) is 0 Å². The van der Waals surface area contributed by atoms with Crippen molar-refractivity contribution in [3.63, 3.8) is 0 Å². The third-order valence-corrected chi connectivity index (χ3v) is 6.01. The molecule has 1 amide bonds. The van der Waals surface area contributed by atoms with E-state index in [2.05, 4.69) is 25.5 Å². The van der Waals surface area contributed by atoms with Crippen LogP contribution in [-0.4, -0.2) is 53.0 Å². The van der Waals surface area contributed by atoms with Gasteiger partial charge in [-0.05, 0) is 69.0 Å². The molecular formula is C22H28ClN5O. The van der Waals surface area contributed by atoms with Crippen LogP contribution >= 0.6 is 11.6 Å². The van der Waals surface area contributed by atoms with E-state index in [0.29, 0.717) is 16.8 Å². The summed E-state index contributed by atoms with van der Waals surface area (Å²) in [5, 5.41) is 7.12. The maximum absolute atomic E-state index is 12.2. The fraction of sp³-hybridized carbons (Fsp3) is 0.500. The summed E-state index contributed by atoms with van der Waals surface area (Å²) in [4.78, 5) is 23.7. The fourth-order valence-corrected chi connectivity index (χ4v) is 4.31. The van der Waals surface area contributed by atoms with Crippen molar-refractivity contribution in [2.45, 2.75) is 38.3 Å². The minimum Gasteiger partial charge on any atom is -0.354 e. The second-order valence-corrected chi connectivity index (χ2v) is 8.50. The number of nitrogens with one attached hydrogen (secondary N) is 2. The number of benzene rings is 1. The van der Waals surface area contributed by atoms with Gasteiger partial charge in [-0.15, -0.1) is 0 Å². The standard InChI is InChI=1S/C22H28ClN5O/c23-19-7-5-18(6-8-19)21-25-12-17(13-26-21)15-28-10-2-3-16(14-28)11-27-22(29)20-4-1-9-24-20/h5-8,12-13,16,20,24H,1-4,9-11,14-15H2,(H,27,29). The van der Waals surface area contributed by atoms with E-state index in [1.54, 1.807) is 0 Å². The zero-order valence-electron chi connectivity index (χ0n) is 16.6. The smallest absolute Gasteiger partial charge is 0.237 e. The fourth-order valence-electron chi connectivity index (χ4n) is 4.18. The van der Waals surface area contributed by atoms with E-state index in [0.717, 1.165) is 63.1 Å². The first-order chi connectivity index (χ1) is 14.2. The lowest BCUT2D eigenvalue weighted by Gasteiger charge is -2.32. The topological polar surface area (TPSA) is 70.2 Å². The molecule has 1 aromatic heterocycles. The van der Waals surface area contributed by atoms with Gasteiger partial charge in [0.15, 0.2) is 5.82 Å². The first kappa shape index (κ1) is 20.3. The Labute approximate surface area is 177 Å². The molecule has 2 saturated heterocycles. The molecule has 0 spiro atoms. The van der Waals surface area contributed by atoms with Crippen molar-refractivity contribution in [1.29, 1.82) is 0 Å². The highest BCUT2D eigenvalue weighted by molar-refractivity contribution is 6.30. The van der Waals surface area contributed by atoms with Crippen molar-refractivity contribution in [3.8, 4) is 11.4 Å². The van der Waals surface area contributed by atoms with Gasteiger partial charge in [-0.3, -0.25) is 9.69 Å². The quantitative estimate of drug-likeness (QED) is 0.762. The lowest BCUT2D eigenvalue weighted by molar-refractivity contribution is -0.123. The highest BCUT2D eigenvalue weighted by Crippen LogP contribution is 2.20. The molecule has 0 saturated carbocycles. The summed E-state index contributed by atoms with van der Waals surface area (Å²) in [6.07, 6.45) is 8.19. The van der Waals surface area contributed by atoms with Crippen LogP contribution in [0, 0.1) is 5.92 Å². The first-order valence-electron chi connectivity index (χ1n) is 10.5. The molecule has 1 aromatic carbocycles. The highest BCUT2D eigenvalue weighted by atomic mass is 35.5. The molecule has 2 N–H and O–H groups in total. The van der Waals surface area contributed by atoms with Gasteiger partial charge in [-0.2, -0.15) is 0 Å². The molecule has 0 bridgehead atoms. The van der Waals surface area contributed by atoms with Crippen molar-refractivity contribution < 1.29 is 4.79 Å². The normalized spacial score (nSPS) is 22.5. The Morgan fingerprint density at radius 2 is 1.97 bits per heavy atom. The van der Waals surface area contributed by atoms with Crippen LogP contribution in [0.3, 0.4) is 0 Å². The third-order valence-electron chi connectivity index (χ3n) is 5.76. The molecule has 0 aliphatic carbocycles. The number of rotatable bonds is 6. The van der Waals surface area contributed by atoms with E-state index >= 15 is 0 Å². The molecule has 2 aliphatic rings. The summed E-state index contributed by atoms with van der Waals surface area (Å²) in [5.74, 6) is 1.37. The number of amides is 1. The van der Waals surface area contributed by atoms with Crippen molar-refractivity contribution >= 4 is 17.5 Å². The summed E-state index contributed by atoms with van der Waals surface area (Å²) in [7, 11) is 0. The molecule has 2 aliphatic heterocycles. The van der Waals surface area contributed by atoms with Crippen LogP contribution in [0.1, 0.15) is 31.2 Å². The number of hydrogen-bond donors (Lipinski definition) is 2. The van der Waals surface area contributed by atoms with Crippen molar-refractivity contribution in [3.05, 3.63) is 47.2 Å². The zero-order chi connectivity index (χ0) is 20.1. The summed E-state index contributed by atoms with van der Waals surface area (Å²) >= 11 is 5.94. The number of piperidine rings is 1. The van der Waals surface area contributed by atoms with Gasteiger partial charge < -0.3 is 10.6 Å². The zero-order valence-corrected chi connectivity index (χ0v) is 17.4. The van der Waals surface area contributed by atoms with Crippen LogP contribution in [0.4, 0.5) is 0 Å². The minimum atomic E-state index is 0.00555. The van der Waals surface area contributed by atoms with Crippen molar-refractivity contribution in [1.82, 2.24) is 25.5 Å². The van der Waals surface area contributed by atoms with Crippen LogP contribution in [0.2, 0.25) is 5.02 Å². The van der Waals surface area contributed by atoms with Crippen molar-refractivity contribution in [2.24, 2.45) is 5.92 Å². The van der Waals surface area contributed by atoms with Gasteiger partial charge in [-0.25, -0.2) is 9.97 Å². The molecule has 2 atom stereocenters. The molecular weight excluding hydrogens is 386 g/mol. The Hall–Kier alpha value is -2.02. The lowest BCUT2D eigenvalue weighted by Crippen LogP contribution is -2.45. The average molecular weight is 414 g/mol. The Morgan fingerprint density at radius 3 is 2.69 bits per heavy atom. The maximum atomic E-state index is 12.2. The second-order valence-electron chi connectivity index (χ2n) is 8.06. The summed E-state index contributed by atoms with van der Waals surface area (Å²) in [6.45, 7) is 4.63. The largest absolute Gasteiger partial charge is 0.354 e. The number of hydrogen-bond acceptors (Lipinski definition) is 5. The molecule has 154 valence electrons. The van der Waals surface area contributed by atoms with Crippen LogP contribution in [-0.2, 0) is 11.3 Å². The van der Waals surface area contributed by atoms with Crippen molar-refractivity contribution in [2.75, 3.05) is 26.2 Å². The number of aromatic nitrogens is 2. The molecule has 0 radical (unpaired) electrons. The van der Waals surface area contributed by atoms with Gasteiger partial charge in [0, 0.05) is 48.2 Å². The van der Waals surface area contributed by atoms with Crippen LogP contribution in [0.15, 0.2) is 36.7 Å². The Morgan fingerprint density at radius 1 is 1.17 bits per heavy atom. The highest BCUT2D eigenvalue weighted by Gasteiger charge is 2.24. The van der Waals surface area contributed by atoms with E-state index in [1.165, 1.54) is 6.42 Å². The third kappa shape index (κ3) is 5.53. The van der Waals surface area contributed by atoms with E-state index in [-0.39, 0.29) is 11.9 Å². The average Bonchev–Trinajstić information content (AvgIpc) is 3.29. The van der Waals surface area contributed by atoms with Gasteiger partial charge in [-0.1, -0.05) is 11.6 Å². The van der Waals surface area contributed by atoms with Gasteiger partial charge in [0.05, 0.1) is 6.04 Å². The Kier molecular flexibility index (Phi) is 6.74. The number of nitrogens with zero attached hydrogens (tertiary/aromatic N) is 3. The molecule has 4 rings (SSSR count). The molecule has 7 heteroatoms. The molecule has 6 nitrogen and oxygen atoms in total. The van der Waals surface area contributed by atoms with E-state index in [1.807, 2.05) is 36.7 Å². The second kappa shape index (κ2) is 9.65. The summed E-state index contributed by atoms with van der Waals surface area (Å²) < 4.78 is 0. The monoisotopic (exact) mass is 413 g/mol. The first-order valence-corrected chi connectivity index (χ1v) is 10.9. The van der Waals surface area contributed by atoms with E-state index in [9.17, 15) is 4.79 Å². The Bertz CT molecular complexity index is 805. The van der Waals surface area contributed by atoms with E-state index < -0.39 is 0 Å². The SMILES string of the molecule is O=C(NCC1CCCN(Cc2cnc(-c3ccc(Cl)cc3)nc2)C1)C1CCCN1. The van der Waals surface area contributed by atoms with E-state index in [4.69, 9.17) is 11.6 Å². The Balaban J connectivity index is 1.27.